The van der Waals surface area contributed by atoms with Crippen LogP contribution in [-0.4, -0.2) is 20.5 Å². The molecule has 1 aromatic carbocycles. The van der Waals surface area contributed by atoms with Gasteiger partial charge in [0.2, 0.25) is 0 Å². The lowest BCUT2D eigenvalue weighted by Crippen LogP contribution is -1.91. The highest BCUT2D eigenvalue weighted by atomic mass is 32.1. The molecule has 2 aromatic heterocycles. The maximum Gasteiger partial charge on any atom is 0.178 e. The van der Waals surface area contributed by atoms with Gasteiger partial charge in [0.05, 0.1) is 17.7 Å². The molecule has 3 rings (SSSR count). The fourth-order valence-electron chi connectivity index (χ4n) is 2.56. The van der Waals surface area contributed by atoms with Crippen LogP contribution in [-0.2, 0) is 6.61 Å². The van der Waals surface area contributed by atoms with Crippen molar-refractivity contribution in [2.24, 2.45) is 0 Å². The first-order chi connectivity index (χ1) is 11.0. The third kappa shape index (κ3) is 2.71. The molecule has 23 heavy (non-hydrogen) atoms. The van der Waals surface area contributed by atoms with E-state index in [1.165, 1.54) is 17.4 Å². The van der Waals surface area contributed by atoms with Gasteiger partial charge in [-0.1, -0.05) is 19.0 Å². The zero-order valence-corrected chi connectivity index (χ0v) is 13.6. The van der Waals surface area contributed by atoms with Crippen molar-refractivity contribution in [3.8, 4) is 33.9 Å². The second kappa shape index (κ2) is 6.06. The summed E-state index contributed by atoms with van der Waals surface area (Å²) >= 11 is 1.52. The summed E-state index contributed by atoms with van der Waals surface area (Å²) < 4.78 is 5.40. The number of aromatic nitrogens is 1. The molecule has 0 spiro atoms. The highest BCUT2D eigenvalue weighted by molar-refractivity contribution is 7.08. The third-order valence-corrected chi connectivity index (χ3v) is 4.42. The van der Waals surface area contributed by atoms with E-state index in [9.17, 15) is 15.3 Å². The second-order valence-corrected chi connectivity index (χ2v) is 6.37. The number of rotatable bonds is 4. The molecule has 2 heterocycles. The fraction of sp³-hybridized carbons (Fsp3) is 0.235. The van der Waals surface area contributed by atoms with Crippen LogP contribution in [0.3, 0.4) is 0 Å². The van der Waals surface area contributed by atoms with Crippen LogP contribution in [0.1, 0.15) is 31.0 Å². The smallest absolute Gasteiger partial charge is 0.178 e. The SMILES string of the molecule is CC(C)c1cc(-c2onc(CO)c2-c2ccsc2)c(O)cc1O. The lowest BCUT2D eigenvalue weighted by molar-refractivity contribution is 0.267. The van der Waals surface area contributed by atoms with Crippen LogP contribution in [0.4, 0.5) is 0 Å². The Bertz CT molecular complexity index is 821. The van der Waals surface area contributed by atoms with Gasteiger partial charge in [-0.2, -0.15) is 11.3 Å². The summed E-state index contributed by atoms with van der Waals surface area (Å²) in [5.74, 6) is 0.412. The number of nitrogens with zero attached hydrogens (tertiary/aromatic N) is 1. The molecule has 0 saturated heterocycles. The van der Waals surface area contributed by atoms with E-state index in [-0.39, 0.29) is 24.0 Å². The van der Waals surface area contributed by atoms with E-state index in [4.69, 9.17) is 4.52 Å². The Labute approximate surface area is 137 Å². The molecule has 0 atom stereocenters. The molecular formula is C17H17NO4S. The molecule has 0 aliphatic heterocycles. The van der Waals surface area contributed by atoms with Crippen LogP contribution in [0.2, 0.25) is 0 Å². The highest BCUT2D eigenvalue weighted by Gasteiger charge is 2.23. The van der Waals surface area contributed by atoms with Crippen molar-refractivity contribution in [2.75, 3.05) is 0 Å². The number of aliphatic hydroxyl groups excluding tert-OH is 1. The van der Waals surface area contributed by atoms with Crippen molar-refractivity contribution in [3.63, 3.8) is 0 Å². The van der Waals surface area contributed by atoms with Gasteiger partial charge < -0.3 is 19.8 Å². The monoisotopic (exact) mass is 331 g/mol. The molecule has 0 amide bonds. The largest absolute Gasteiger partial charge is 0.508 e. The zero-order chi connectivity index (χ0) is 16.6. The number of phenolic OH excluding ortho intramolecular Hbond substituents is 2. The van der Waals surface area contributed by atoms with Gasteiger partial charge >= 0.3 is 0 Å². The topological polar surface area (TPSA) is 86.7 Å². The van der Waals surface area contributed by atoms with Crippen molar-refractivity contribution in [1.29, 1.82) is 0 Å². The Hall–Kier alpha value is -2.31. The second-order valence-electron chi connectivity index (χ2n) is 5.59. The number of thiophene rings is 1. The maximum atomic E-state index is 10.2. The minimum absolute atomic E-state index is 0.0419. The first-order valence-electron chi connectivity index (χ1n) is 7.21. The summed E-state index contributed by atoms with van der Waals surface area (Å²) in [7, 11) is 0. The predicted octanol–water partition coefficient (Wildman–Crippen LogP) is 4.10. The predicted molar refractivity (Wildman–Crippen MR) is 88.6 cm³/mol. The van der Waals surface area contributed by atoms with Gasteiger partial charge in [0.15, 0.2) is 5.76 Å². The van der Waals surface area contributed by atoms with E-state index in [1.807, 2.05) is 30.7 Å². The van der Waals surface area contributed by atoms with Gasteiger partial charge in [-0.15, -0.1) is 0 Å². The van der Waals surface area contributed by atoms with Crippen molar-refractivity contribution in [1.82, 2.24) is 5.16 Å². The number of hydrogen-bond acceptors (Lipinski definition) is 6. The average Bonchev–Trinajstić information content (AvgIpc) is 3.15. The molecule has 0 fully saturated rings. The Morgan fingerprint density at radius 2 is 2.00 bits per heavy atom. The van der Waals surface area contributed by atoms with Crippen LogP contribution in [0, 0.1) is 0 Å². The molecule has 5 nitrogen and oxygen atoms in total. The molecule has 0 bridgehead atoms. The first-order valence-corrected chi connectivity index (χ1v) is 8.15. The fourth-order valence-corrected chi connectivity index (χ4v) is 3.20. The van der Waals surface area contributed by atoms with Crippen LogP contribution in [0.5, 0.6) is 11.5 Å². The van der Waals surface area contributed by atoms with E-state index in [0.717, 1.165) is 5.56 Å². The number of aromatic hydroxyl groups is 2. The standard InChI is InChI=1S/C17H17NO4S/c1-9(2)11-5-12(15(21)6-14(11)20)17-16(10-3-4-23-8-10)13(7-19)18-22-17/h3-6,8-9,19-21H,7H2,1-2H3. The molecule has 0 aliphatic carbocycles. The Balaban J connectivity index is 2.24. The van der Waals surface area contributed by atoms with Crippen molar-refractivity contribution < 1.29 is 19.8 Å². The van der Waals surface area contributed by atoms with Crippen LogP contribution in [0.25, 0.3) is 22.5 Å². The summed E-state index contributed by atoms with van der Waals surface area (Å²) in [6.07, 6.45) is 0. The van der Waals surface area contributed by atoms with Gasteiger partial charge in [0.25, 0.3) is 0 Å². The van der Waals surface area contributed by atoms with Gasteiger partial charge in [-0.05, 0) is 39.9 Å². The zero-order valence-electron chi connectivity index (χ0n) is 12.8. The normalized spacial score (nSPS) is 11.3. The lowest BCUT2D eigenvalue weighted by Gasteiger charge is -2.12. The van der Waals surface area contributed by atoms with Crippen molar-refractivity contribution >= 4 is 11.3 Å². The van der Waals surface area contributed by atoms with Crippen molar-refractivity contribution in [3.05, 3.63) is 40.2 Å². The molecule has 0 unspecified atom stereocenters. The summed E-state index contributed by atoms with van der Waals surface area (Å²) in [6, 6.07) is 4.91. The van der Waals surface area contributed by atoms with Crippen LogP contribution in [0.15, 0.2) is 33.5 Å². The first kappa shape index (κ1) is 15.6. The van der Waals surface area contributed by atoms with Gasteiger partial charge in [0.1, 0.15) is 17.2 Å². The number of aliphatic hydroxyl groups is 1. The molecule has 0 aliphatic rings. The van der Waals surface area contributed by atoms with E-state index in [2.05, 4.69) is 5.16 Å². The number of benzene rings is 1. The van der Waals surface area contributed by atoms with Gasteiger partial charge in [-0.3, -0.25) is 0 Å². The Morgan fingerprint density at radius 1 is 1.22 bits per heavy atom. The Morgan fingerprint density at radius 3 is 2.61 bits per heavy atom. The van der Waals surface area contributed by atoms with Crippen LogP contribution < -0.4 is 0 Å². The molecular weight excluding hydrogens is 314 g/mol. The molecule has 0 radical (unpaired) electrons. The lowest BCUT2D eigenvalue weighted by atomic mass is 9.95. The molecule has 3 N–H and O–H groups in total. The average molecular weight is 331 g/mol. The van der Waals surface area contributed by atoms with E-state index in [0.29, 0.717) is 28.1 Å². The number of hydrogen-bond donors (Lipinski definition) is 3. The summed E-state index contributed by atoms with van der Waals surface area (Å²) in [6.45, 7) is 3.65. The molecule has 6 heteroatoms. The molecule has 3 aromatic rings. The third-order valence-electron chi connectivity index (χ3n) is 3.73. The van der Waals surface area contributed by atoms with E-state index >= 15 is 0 Å². The van der Waals surface area contributed by atoms with E-state index in [1.54, 1.807) is 6.07 Å². The van der Waals surface area contributed by atoms with Crippen molar-refractivity contribution in [2.45, 2.75) is 26.4 Å². The maximum absolute atomic E-state index is 10.2. The van der Waals surface area contributed by atoms with Gasteiger partial charge in [0, 0.05) is 6.07 Å². The van der Waals surface area contributed by atoms with E-state index < -0.39 is 0 Å². The number of phenols is 2. The van der Waals surface area contributed by atoms with Crippen LogP contribution >= 0.6 is 11.3 Å². The Kier molecular flexibility index (Phi) is 4.11. The van der Waals surface area contributed by atoms with Gasteiger partial charge in [-0.25, -0.2) is 0 Å². The summed E-state index contributed by atoms with van der Waals surface area (Å²) in [5, 5.41) is 37.5. The molecule has 120 valence electrons. The summed E-state index contributed by atoms with van der Waals surface area (Å²) in [4.78, 5) is 0. The minimum atomic E-state index is -0.259. The quantitative estimate of drug-likeness (QED) is 0.670. The summed E-state index contributed by atoms with van der Waals surface area (Å²) in [5.41, 5.74) is 3.09. The minimum Gasteiger partial charge on any atom is -0.508 e. The molecule has 0 saturated carbocycles. The highest BCUT2D eigenvalue weighted by Crippen LogP contribution is 2.43.